The Morgan fingerprint density at radius 3 is 2.71 bits per heavy atom. The van der Waals surface area contributed by atoms with Crippen molar-refractivity contribution in [1.29, 1.82) is 0 Å². The van der Waals surface area contributed by atoms with Gasteiger partial charge in [0.25, 0.3) is 0 Å². The summed E-state index contributed by atoms with van der Waals surface area (Å²) in [5.41, 5.74) is 7.48. The largest absolute Gasteiger partial charge is 0.494 e. The molecule has 1 rings (SSSR count). The summed E-state index contributed by atoms with van der Waals surface area (Å²) in [6.45, 7) is 2.49. The van der Waals surface area contributed by atoms with Crippen molar-refractivity contribution >= 4 is 11.6 Å². The van der Waals surface area contributed by atoms with Crippen molar-refractivity contribution in [2.24, 2.45) is 0 Å². The number of aryl methyl sites for hydroxylation is 1. The van der Waals surface area contributed by atoms with Gasteiger partial charge in [0.1, 0.15) is 5.75 Å². The zero-order valence-corrected chi connectivity index (χ0v) is 10.7. The molecule has 0 aliphatic rings. The standard InChI is InChI=1S/C13H20N2O2/c1-10-9-11(6-7-12(10)14)17-8-4-5-13(16)15(2)3/h6-7,9H,4-5,8,14H2,1-3H3. The highest BCUT2D eigenvalue weighted by atomic mass is 16.5. The van der Waals surface area contributed by atoms with E-state index < -0.39 is 0 Å². The van der Waals surface area contributed by atoms with Gasteiger partial charge in [-0.1, -0.05) is 0 Å². The van der Waals surface area contributed by atoms with E-state index in [0.717, 1.165) is 23.4 Å². The molecule has 0 saturated heterocycles. The van der Waals surface area contributed by atoms with Gasteiger partial charge in [-0.05, 0) is 37.1 Å². The van der Waals surface area contributed by atoms with Gasteiger partial charge in [-0.15, -0.1) is 0 Å². The van der Waals surface area contributed by atoms with Crippen molar-refractivity contribution in [3.8, 4) is 5.75 Å². The molecule has 0 aliphatic heterocycles. The number of anilines is 1. The second kappa shape index (κ2) is 6.13. The molecule has 4 nitrogen and oxygen atoms in total. The first-order valence-corrected chi connectivity index (χ1v) is 5.70. The zero-order chi connectivity index (χ0) is 12.8. The first-order chi connectivity index (χ1) is 8.00. The number of ether oxygens (including phenoxy) is 1. The van der Waals surface area contributed by atoms with Crippen molar-refractivity contribution in [3.05, 3.63) is 23.8 Å². The minimum atomic E-state index is 0.127. The molecule has 0 unspecified atom stereocenters. The molecule has 0 heterocycles. The first kappa shape index (κ1) is 13.4. The predicted octanol–water partition coefficient (Wildman–Crippen LogP) is 1.82. The van der Waals surface area contributed by atoms with Gasteiger partial charge in [-0.25, -0.2) is 0 Å². The number of rotatable bonds is 5. The molecular weight excluding hydrogens is 216 g/mol. The molecule has 1 aromatic carbocycles. The van der Waals surface area contributed by atoms with E-state index in [0.29, 0.717) is 13.0 Å². The van der Waals surface area contributed by atoms with Crippen LogP contribution in [0.2, 0.25) is 0 Å². The van der Waals surface area contributed by atoms with Crippen LogP contribution in [0.15, 0.2) is 18.2 Å². The van der Waals surface area contributed by atoms with Crippen molar-refractivity contribution < 1.29 is 9.53 Å². The van der Waals surface area contributed by atoms with Gasteiger partial charge < -0.3 is 15.4 Å². The summed E-state index contributed by atoms with van der Waals surface area (Å²) in [4.78, 5) is 12.9. The lowest BCUT2D eigenvalue weighted by Crippen LogP contribution is -2.21. The predicted molar refractivity (Wildman–Crippen MR) is 69.0 cm³/mol. The van der Waals surface area contributed by atoms with Gasteiger partial charge in [0.05, 0.1) is 6.61 Å². The van der Waals surface area contributed by atoms with Crippen LogP contribution in [0.3, 0.4) is 0 Å². The minimum Gasteiger partial charge on any atom is -0.494 e. The summed E-state index contributed by atoms with van der Waals surface area (Å²) >= 11 is 0. The van der Waals surface area contributed by atoms with Gasteiger partial charge in [-0.3, -0.25) is 4.79 Å². The van der Waals surface area contributed by atoms with E-state index in [1.165, 1.54) is 0 Å². The van der Waals surface area contributed by atoms with Crippen LogP contribution >= 0.6 is 0 Å². The van der Waals surface area contributed by atoms with Crippen LogP contribution in [0.1, 0.15) is 18.4 Å². The molecule has 0 aliphatic carbocycles. The van der Waals surface area contributed by atoms with Crippen LogP contribution in [0.5, 0.6) is 5.75 Å². The average Bonchev–Trinajstić information content (AvgIpc) is 2.28. The number of nitrogens with zero attached hydrogens (tertiary/aromatic N) is 1. The molecular formula is C13H20N2O2. The lowest BCUT2D eigenvalue weighted by atomic mass is 10.2. The average molecular weight is 236 g/mol. The fourth-order valence-electron chi connectivity index (χ4n) is 1.37. The number of benzene rings is 1. The van der Waals surface area contributed by atoms with Crippen LogP contribution in [-0.4, -0.2) is 31.5 Å². The molecule has 0 bridgehead atoms. The fraction of sp³-hybridized carbons (Fsp3) is 0.462. The number of carbonyl (C=O) groups is 1. The maximum absolute atomic E-state index is 11.3. The Hall–Kier alpha value is -1.71. The monoisotopic (exact) mass is 236 g/mol. The minimum absolute atomic E-state index is 0.127. The molecule has 0 aromatic heterocycles. The third-order valence-corrected chi connectivity index (χ3v) is 2.54. The molecule has 0 spiro atoms. The summed E-state index contributed by atoms with van der Waals surface area (Å²) in [7, 11) is 3.51. The zero-order valence-electron chi connectivity index (χ0n) is 10.7. The second-order valence-corrected chi connectivity index (χ2v) is 4.26. The van der Waals surface area contributed by atoms with Gasteiger partial charge in [0, 0.05) is 26.2 Å². The Balaban J connectivity index is 2.31. The maximum Gasteiger partial charge on any atom is 0.222 e. The topological polar surface area (TPSA) is 55.6 Å². The molecule has 0 saturated carbocycles. The molecule has 4 heteroatoms. The Bertz CT molecular complexity index is 389. The Morgan fingerprint density at radius 2 is 2.12 bits per heavy atom. The number of hydrogen-bond donors (Lipinski definition) is 1. The smallest absolute Gasteiger partial charge is 0.222 e. The van der Waals surface area contributed by atoms with E-state index in [4.69, 9.17) is 10.5 Å². The quantitative estimate of drug-likeness (QED) is 0.626. The van der Waals surface area contributed by atoms with Crippen molar-refractivity contribution in [3.63, 3.8) is 0 Å². The number of amides is 1. The Kier molecular flexibility index (Phi) is 4.82. The lowest BCUT2D eigenvalue weighted by Gasteiger charge is -2.11. The summed E-state index contributed by atoms with van der Waals surface area (Å²) in [6, 6.07) is 5.58. The van der Waals surface area contributed by atoms with Crippen molar-refractivity contribution in [1.82, 2.24) is 4.90 Å². The van der Waals surface area contributed by atoms with Gasteiger partial charge in [0.2, 0.25) is 5.91 Å². The third kappa shape index (κ3) is 4.34. The molecule has 17 heavy (non-hydrogen) atoms. The van der Waals surface area contributed by atoms with Crippen LogP contribution in [0.25, 0.3) is 0 Å². The van der Waals surface area contributed by atoms with Gasteiger partial charge >= 0.3 is 0 Å². The summed E-state index contributed by atoms with van der Waals surface area (Å²) in [6.07, 6.45) is 1.24. The number of nitrogens with two attached hydrogens (primary N) is 1. The summed E-state index contributed by atoms with van der Waals surface area (Å²) in [5.74, 6) is 0.927. The summed E-state index contributed by atoms with van der Waals surface area (Å²) in [5, 5.41) is 0. The molecule has 1 amide bonds. The van der Waals surface area contributed by atoms with Crippen LogP contribution in [0, 0.1) is 6.92 Å². The van der Waals surface area contributed by atoms with Crippen molar-refractivity contribution in [2.45, 2.75) is 19.8 Å². The van der Waals surface area contributed by atoms with E-state index in [1.807, 2.05) is 25.1 Å². The summed E-state index contributed by atoms with van der Waals surface area (Å²) < 4.78 is 5.55. The SMILES string of the molecule is Cc1cc(OCCCC(=O)N(C)C)ccc1N. The van der Waals surface area contributed by atoms with E-state index in [2.05, 4.69) is 0 Å². The van der Waals surface area contributed by atoms with E-state index >= 15 is 0 Å². The molecule has 0 atom stereocenters. The maximum atomic E-state index is 11.3. The number of carbonyl (C=O) groups excluding carboxylic acids is 1. The van der Waals surface area contributed by atoms with Gasteiger partial charge in [0.15, 0.2) is 0 Å². The van der Waals surface area contributed by atoms with Crippen LogP contribution in [0.4, 0.5) is 5.69 Å². The normalized spacial score (nSPS) is 10.1. The second-order valence-electron chi connectivity index (χ2n) is 4.26. The number of nitrogen functional groups attached to an aromatic ring is 1. The highest BCUT2D eigenvalue weighted by Crippen LogP contribution is 2.18. The molecule has 2 N–H and O–H groups in total. The van der Waals surface area contributed by atoms with E-state index in [1.54, 1.807) is 19.0 Å². The van der Waals surface area contributed by atoms with E-state index in [-0.39, 0.29) is 5.91 Å². The Labute approximate surface area is 102 Å². The Morgan fingerprint density at radius 1 is 1.41 bits per heavy atom. The third-order valence-electron chi connectivity index (χ3n) is 2.54. The molecule has 0 fully saturated rings. The molecule has 0 radical (unpaired) electrons. The first-order valence-electron chi connectivity index (χ1n) is 5.70. The fourth-order valence-corrected chi connectivity index (χ4v) is 1.37. The highest BCUT2D eigenvalue weighted by molar-refractivity contribution is 5.75. The van der Waals surface area contributed by atoms with Crippen molar-refractivity contribution in [2.75, 3.05) is 26.4 Å². The van der Waals surface area contributed by atoms with Crippen LogP contribution < -0.4 is 10.5 Å². The lowest BCUT2D eigenvalue weighted by molar-refractivity contribution is -0.128. The highest BCUT2D eigenvalue weighted by Gasteiger charge is 2.03. The van der Waals surface area contributed by atoms with Gasteiger partial charge in [-0.2, -0.15) is 0 Å². The molecule has 1 aromatic rings. The van der Waals surface area contributed by atoms with E-state index in [9.17, 15) is 4.79 Å². The number of hydrogen-bond acceptors (Lipinski definition) is 3. The van der Waals surface area contributed by atoms with Crippen LogP contribution in [-0.2, 0) is 4.79 Å². The molecule has 94 valence electrons.